The van der Waals surface area contributed by atoms with Crippen molar-refractivity contribution in [3.05, 3.63) is 60.0 Å². The third-order valence-corrected chi connectivity index (χ3v) is 3.51. The first-order valence-corrected chi connectivity index (χ1v) is 6.58. The Balaban J connectivity index is 2.03. The molecule has 1 aromatic carbocycles. The Morgan fingerprint density at radius 3 is 2.90 bits per heavy atom. The summed E-state index contributed by atoms with van der Waals surface area (Å²) in [6.45, 7) is 1.22. The monoisotopic (exact) mass is 267 g/mol. The van der Waals surface area contributed by atoms with Gasteiger partial charge < -0.3 is 15.0 Å². The van der Waals surface area contributed by atoms with Crippen LogP contribution in [-0.4, -0.2) is 16.7 Å². The summed E-state index contributed by atoms with van der Waals surface area (Å²) in [7, 11) is 1.69. The van der Waals surface area contributed by atoms with Crippen molar-refractivity contribution in [3.8, 4) is 5.75 Å². The Hall–Kier alpha value is -2.33. The van der Waals surface area contributed by atoms with Gasteiger partial charge in [-0.15, -0.1) is 0 Å². The van der Waals surface area contributed by atoms with Crippen molar-refractivity contribution in [2.24, 2.45) is 5.73 Å². The van der Waals surface area contributed by atoms with Crippen molar-refractivity contribution in [2.45, 2.75) is 13.1 Å². The first-order chi connectivity index (χ1) is 9.83. The number of aromatic nitrogens is 2. The molecule has 0 atom stereocenters. The first-order valence-electron chi connectivity index (χ1n) is 6.58. The maximum atomic E-state index is 5.75. The summed E-state index contributed by atoms with van der Waals surface area (Å²) >= 11 is 0. The lowest BCUT2D eigenvalue weighted by atomic mass is 10.2. The lowest BCUT2D eigenvalue weighted by Gasteiger charge is -2.09. The SMILES string of the molecule is COc1cccc2c1ccn2Cc1cccnc1CN. The van der Waals surface area contributed by atoms with Gasteiger partial charge in [0.15, 0.2) is 0 Å². The maximum Gasteiger partial charge on any atom is 0.128 e. The molecule has 0 fully saturated rings. The Kier molecular flexibility index (Phi) is 3.39. The molecule has 0 radical (unpaired) electrons. The molecule has 0 unspecified atom stereocenters. The van der Waals surface area contributed by atoms with E-state index in [0.717, 1.165) is 34.5 Å². The molecule has 2 heterocycles. The summed E-state index contributed by atoms with van der Waals surface area (Å²) < 4.78 is 7.58. The van der Waals surface area contributed by atoms with E-state index >= 15 is 0 Å². The molecule has 0 saturated carbocycles. The van der Waals surface area contributed by atoms with Gasteiger partial charge in [0.2, 0.25) is 0 Å². The van der Waals surface area contributed by atoms with Crippen molar-refractivity contribution in [3.63, 3.8) is 0 Å². The summed E-state index contributed by atoms with van der Waals surface area (Å²) in [4.78, 5) is 4.33. The van der Waals surface area contributed by atoms with Crippen molar-refractivity contribution < 1.29 is 4.74 Å². The number of rotatable bonds is 4. The summed E-state index contributed by atoms with van der Waals surface area (Å²) in [6.07, 6.45) is 3.85. The van der Waals surface area contributed by atoms with Crippen LogP contribution in [0.4, 0.5) is 0 Å². The second kappa shape index (κ2) is 5.35. The van der Waals surface area contributed by atoms with Gasteiger partial charge in [-0.25, -0.2) is 0 Å². The van der Waals surface area contributed by atoms with Crippen LogP contribution < -0.4 is 10.5 Å². The maximum absolute atomic E-state index is 5.75. The number of ether oxygens (including phenoxy) is 1. The molecule has 0 saturated heterocycles. The molecule has 0 spiro atoms. The highest BCUT2D eigenvalue weighted by Crippen LogP contribution is 2.26. The van der Waals surface area contributed by atoms with E-state index < -0.39 is 0 Å². The molecule has 4 nitrogen and oxygen atoms in total. The van der Waals surface area contributed by atoms with Gasteiger partial charge in [0.05, 0.1) is 18.3 Å². The molecular formula is C16H17N3O. The van der Waals surface area contributed by atoms with Crippen molar-refractivity contribution in [2.75, 3.05) is 7.11 Å². The number of methoxy groups -OCH3 is 1. The largest absolute Gasteiger partial charge is 0.496 e. The zero-order valence-electron chi connectivity index (χ0n) is 11.4. The summed E-state index contributed by atoms with van der Waals surface area (Å²) in [6, 6.07) is 12.2. The molecule has 20 heavy (non-hydrogen) atoms. The van der Waals surface area contributed by atoms with Gasteiger partial charge in [-0.2, -0.15) is 0 Å². The van der Waals surface area contributed by atoms with Gasteiger partial charge in [-0.1, -0.05) is 12.1 Å². The van der Waals surface area contributed by atoms with E-state index in [1.165, 1.54) is 0 Å². The Bertz CT molecular complexity index is 733. The number of hydrogen-bond acceptors (Lipinski definition) is 3. The number of fused-ring (bicyclic) bond motifs is 1. The minimum absolute atomic E-state index is 0.457. The standard InChI is InChI=1S/C16H17N3O/c1-20-16-6-2-5-15-13(16)7-9-19(15)11-12-4-3-8-18-14(12)10-17/h2-9H,10-11,17H2,1H3. The van der Waals surface area contributed by atoms with Gasteiger partial charge in [0, 0.05) is 30.9 Å². The summed E-state index contributed by atoms with van der Waals surface area (Å²) in [5.41, 5.74) is 8.99. The molecule has 2 N–H and O–H groups in total. The lowest BCUT2D eigenvalue weighted by Crippen LogP contribution is -2.07. The number of hydrogen-bond donors (Lipinski definition) is 1. The summed E-state index contributed by atoms with van der Waals surface area (Å²) in [5, 5.41) is 1.12. The van der Waals surface area contributed by atoms with Gasteiger partial charge in [0.1, 0.15) is 5.75 Å². The fourth-order valence-corrected chi connectivity index (χ4v) is 2.49. The predicted molar refractivity (Wildman–Crippen MR) is 79.7 cm³/mol. The average molecular weight is 267 g/mol. The zero-order chi connectivity index (χ0) is 13.9. The van der Waals surface area contributed by atoms with E-state index in [4.69, 9.17) is 10.5 Å². The van der Waals surface area contributed by atoms with E-state index in [9.17, 15) is 0 Å². The molecule has 0 aliphatic carbocycles. The first kappa shape index (κ1) is 12.7. The van der Waals surface area contributed by atoms with Gasteiger partial charge in [-0.05, 0) is 29.8 Å². The van der Waals surface area contributed by atoms with Crippen molar-refractivity contribution in [1.82, 2.24) is 9.55 Å². The van der Waals surface area contributed by atoms with Crippen LogP contribution in [-0.2, 0) is 13.1 Å². The smallest absolute Gasteiger partial charge is 0.128 e. The molecule has 2 aromatic heterocycles. The molecule has 0 amide bonds. The number of nitrogens with two attached hydrogens (primary N) is 1. The molecule has 0 bridgehead atoms. The lowest BCUT2D eigenvalue weighted by molar-refractivity contribution is 0.420. The van der Waals surface area contributed by atoms with E-state index in [0.29, 0.717) is 6.54 Å². The Morgan fingerprint density at radius 2 is 2.10 bits per heavy atom. The van der Waals surface area contributed by atoms with E-state index in [1.54, 1.807) is 13.3 Å². The van der Waals surface area contributed by atoms with Gasteiger partial charge in [0.25, 0.3) is 0 Å². The fourth-order valence-electron chi connectivity index (χ4n) is 2.49. The van der Waals surface area contributed by atoms with Crippen molar-refractivity contribution >= 4 is 10.9 Å². The molecule has 0 aliphatic heterocycles. The molecule has 4 heteroatoms. The van der Waals surface area contributed by atoms with Gasteiger partial charge in [-0.3, -0.25) is 4.98 Å². The van der Waals surface area contributed by atoms with Crippen LogP contribution in [0, 0.1) is 0 Å². The second-order valence-corrected chi connectivity index (χ2v) is 4.65. The Labute approximate surface area is 117 Å². The van der Waals surface area contributed by atoms with Crippen LogP contribution in [0.5, 0.6) is 5.75 Å². The van der Waals surface area contributed by atoms with Crippen LogP contribution in [0.1, 0.15) is 11.3 Å². The minimum atomic E-state index is 0.457. The molecule has 102 valence electrons. The second-order valence-electron chi connectivity index (χ2n) is 4.65. The average Bonchev–Trinajstić information content (AvgIpc) is 2.91. The molecule has 0 aliphatic rings. The van der Waals surface area contributed by atoms with Gasteiger partial charge >= 0.3 is 0 Å². The number of benzene rings is 1. The normalized spacial score (nSPS) is 10.9. The molecular weight excluding hydrogens is 250 g/mol. The topological polar surface area (TPSA) is 53.1 Å². The van der Waals surface area contributed by atoms with Crippen LogP contribution >= 0.6 is 0 Å². The van der Waals surface area contributed by atoms with Crippen LogP contribution in [0.25, 0.3) is 10.9 Å². The third-order valence-electron chi connectivity index (χ3n) is 3.51. The minimum Gasteiger partial charge on any atom is -0.496 e. The third kappa shape index (κ3) is 2.14. The number of nitrogens with zero attached hydrogens (tertiary/aromatic N) is 2. The van der Waals surface area contributed by atoms with Crippen LogP contribution in [0.15, 0.2) is 48.8 Å². The Morgan fingerprint density at radius 1 is 1.20 bits per heavy atom. The fraction of sp³-hybridized carbons (Fsp3) is 0.188. The summed E-state index contributed by atoms with van der Waals surface area (Å²) in [5.74, 6) is 0.895. The highest BCUT2D eigenvalue weighted by atomic mass is 16.5. The number of pyridine rings is 1. The van der Waals surface area contributed by atoms with Crippen molar-refractivity contribution in [1.29, 1.82) is 0 Å². The zero-order valence-corrected chi connectivity index (χ0v) is 11.4. The predicted octanol–water partition coefficient (Wildman–Crippen LogP) is 2.55. The highest BCUT2D eigenvalue weighted by molar-refractivity contribution is 5.86. The molecule has 3 aromatic rings. The van der Waals surface area contributed by atoms with E-state index in [2.05, 4.69) is 33.9 Å². The quantitative estimate of drug-likeness (QED) is 0.790. The highest BCUT2D eigenvalue weighted by Gasteiger charge is 2.08. The molecule has 3 rings (SSSR count). The van der Waals surface area contributed by atoms with Crippen LogP contribution in [0.2, 0.25) is 0 Å². The van der Waals surface area contributed by atoms with E-state index in [1.807, 2.05) is 18.2 Å². The van der Waals surface area contributed by atoms with Crippen LogP contribution in [0.3, 0.4) is 0 Å². The van der Waals surface area contributed by atoms with E-state index in [-0.39, 0.29) is 0 Å².